The summed E-state index contributed by atoms with van der Waals surface area (Å²) in [5.41, 5.74) is 1.04. The van der Waals surface area contributed by atoms with Crippen LogP contribution < -0.4 is 4.90 Å². The first-order valence-electron chi connectivity index (χ1n) is 4.59. The Labute approximate surface area is 84.0 Å². The monoisotopic (exact) mass is 193 g/mol. The van der Waals surface area contributed by atoms with Gasteiger partial charge in [-0.15, -0.1) is 0 Å². The van der Waals surface area contributed by atoms with Crippen molar-refractivity contribution in [1.29, 1.82) is 0 Å². The standard InChI is InChI=1S/C10H15N3O/c1-8-6-11-10(12-7-8)13(3)5-4-9(2)14/h6-7H,4-5H2,1-3H3. The van der Waals surface area contributed by atoms with Crippen molar-refractivity contribution >= 4 is 11.7 Å². The maximum atomic E-state index is 10.8. The van der Waals surface area contributed by atoms with Crippen molar-refractivity contribution < 1.29 is 4.79 Å². The molecule has 0 saturated carbocycles. The summed E-state index contributed by atoms with van der Waals surface area (Å²) in [4.78, 5) is 21.0. The second-order valence-electron chi connectivity index (χ2n) is 3.43. The first-order valence-corrected chi connectivity index (χ1v) is 4.59. The lowest BCUT2D eigenvalue weighted by Crippen LogP contribution is -2.22. The lowest BCUT2D eigenvalue weighted by atomic mass is 10.3. The highest BCUT2D eigenvalue weighted by atomic mass is 16.1. The first-order chi connectivity index (χ1) is 6.59. The second kappa shape index (κ2) is 4.69. The Morgan fingerprint density at radius 2 is 2.00 bits per heavy atom. The molecular formula is C10H15N3O. The van der Waals surface area contributed by atoms with Crippen molar-refractivity contribution in [2.75, 3.05) is 18.5 Å². The molecule has 0 amide bonds. The van der Waals surface area contributed by atoms with Gasteiger partial charge in [-0.3, -0.25) is 4.79 Å². The molecule has 4 heteroatoms. The number of hydrogen-bond donors (Lipinski definition) is 0. The number of aryl methyl sites for hydroxylation is 1. The number of nitrogens with zero attached hydrogens (tertiary/aromatic N) is 3. The van der Waals surface area contributed by atoms with E-state index in [1.807, 2.05) is 18.9 Å². The highest BCUT2D eigenvalue weighted by Gasteiger charge is 2.04. The molecule has 0 N–H and O–H groups in total. The number of anilines is 1. The summed E-state index contributed by atoms with van der Waals surface area (Å²) in [5, 5.41) is 0. The molecule has 4 nitrogen and oxygen atoms in total. The number of carbonyl (C=O) groups excluding carboxylic acids is 1. The van der Waals surface area contributed by atoms with Crippen LogP contribution in [0, 0.1) is 6.92 Å². The topological polar surface area (TPSA) is 46.1 Å². The third kappa shape index (κ3) is 3.12. The zero-order valence-electron chi connectivity index (χ0n) is 8.82. The Hall–Kier alpha value is -1.45. The van der Waals surface area contributed by atoms with E-state index in [2.05, 4.69) is 9.97 Å². The maximum absolute atomic E-state index is 10.8. The zero-order chi connectivity index (χ0) is 10.6. The van der Waals surface area contributed by atoms with Crippen molar-refractivity contribution in [3.05, 3.63) is 18.0 Å². The summed E-state index contributed by atoms with van der Waals surface area (Å²) >= 11 is 0. The van der Waals surface area contributed by atoms with Gasteiger partial charge in [0, 0.05) is 32.4 Å². The van der Waals surface area contributed by atoms with Gasteiger partial charge in [0.25, 0.3) is 0 Å². The molecule has 0 unspecified atom stereocenters. The number of hydrogen-bond acceptors (Lipinski definition) is 4. The summed E-state index contributed by atoms with van der Waals surface area (Å²) in [6, 6.07) is 0. The minimum atomic E-state index is 0.184. The highest BCUT2D eigenvalue weighted by Crippen LogP contribution is 2.04. The first kappa shape index (κ1) is 10.6. The molecule has 1 aromatic heterocycles. The van der Waals surface area contributed by atoms with Crippen molar-refractivity contribution in [1.82, 2.24) is 9.97 Å². The van der Waals surface area contributed by atoms with Gasteiger partial charge in [-0.1, -0.05) is 0 Å². The Morgan fingerprint density at radius 1 is 1.43 bits per heavy atom. The summed E-state index contributed by atoms with van der Waals surface area (Å²) in [7, 11) is 1.88. The average molecular weight is 193 g/mol. The molecule has 0 bridgehead atoms. The third-order valence-electron chi connectivity index (χ3n) is 1.91. The number of ketones is 1. The largest absolute Gasteiger partial charge is 0.343 e. The predicted octanol–water partition coefficient (Wildman–Crippen LogP) is 1.20. The van der Waals surface area contributed by atoms with Crippen LogP contribution in [-0.2, 0) is 4.79 Å². The molecule has 14 heavy (non-hydrogen) atoms. The normalized spacial score (nSPS) is 9.93. The van der Waals surface area contributed by atoms with Gasteiger partial charge < -0.3 is 4.90 Å². The molecule has 0 aliphatic rings. The van der Waals surface area contributed by atoms with Crippen molar-refractivity contribution in [2.24, 2.45) is 0 Å². The zero-order valence-corrected chi connectivity index (χ0v) is 8.82. The summed E-state index contributed by atoms with van der Waals surface area (Å²) in [6.07, 6.45) is 4.08. The molecule has 0 atom stereocenters. The molecule has 0 radical (unpaired) electrons. The summed E-state index contributed by atoms with van der Waals surface area (Å²) in [5.74, 6) is 0.848. The van der Waals surface area contributed by atoms with E-state index in [4.69, 9.17) is 0 Å². The van der Waals surface area contributed by atoms with Crippen LogP contribution >= 0.6 is 0 Å². The van der Waals surface area contributed by atoms with Gasteiger partial charge >= 0.3 is 0 Å². The van der Waals surface area contributed by atoms with Gasteiger partial charge in [0.2, 0.25) is 5.95 Å². The molecule has 0 fully saturated rings. The molecule has 0 aromatic carbocycles. The van der Waals surface area contributed by atoms with Crippen LogP contribution in [-0.4, -0.2) is 29.3 Å². The molecule has 0 saturated heterocycles. The number of carbonyl (C=O) groups is 1. The number of aromatic nitrogens is 2. The van der Waals surface area contributed by atoms with Crippen LogP contribution in [0.5, 0.6) is 0 Å². The minimum absolute atomic E-state index is 0.184. The van der Waals surface area contributed by atoms with Crippen LogP contribution in [0.4, 0.5) is 5.95 Å². The smallest absolute Gasteiger partial charge is 0.225 e. The summed E-state index contributed by atoms with van der Waals surface area (Å²) in [6.45, 7) is 4.20. The lowest BCUT2D eigenvalue weighted by molar-refractivity contribution is -0.116. The van der Waals surface area contributed by atoms with E-state index in [0.717, 1.165) is 5.56 Å². The van der Waals surface area contributed by atoms with Gasteiger partial charge in [0.1, 0.15) is 5.78 Å². The third-order valence-corrected chi connectivity index (χ3v) is 1.91. The maximum Gasteiger partial charge on any atom is 0.225 e. The van der Waals surface area contributed by atoms with E-state index in [0.29, 0.717) is 18.9 Å². The quantitative estimate of drug-likeness (QED) is 0.720. The van der Waals surface area contributed by atoms with Gasteiger partial charge in [-0.05, 0) is 19.4 Å². The van der Waals surface area contributed by atoms with Crippen molar-refractivity contribution in [2.45, 2.75) is 20.3 Å². The van der Waals surface area contributed by atoms with Gasteiger partial charge in [-0.25, -0.2) is 9.97 Å². The van der Waals surface area contributed by atoms with E-state index < -0.39 is 0 Å². The van der Waals surface area contributed by atoms with Crippen LogP contribution in [0.1, 0.15) is 18.9 Å². The van der Waals surface area contributed by atoms with Gasteiger partial charge in [0.15, 0.2) is 0 Å². The van der Waals surface area contributed by atoms with Crippen LogP contribution in [0.15, 0.2) is 12.4 Å². The van der Waals surface area contributed by atoms with E-state index in [9.17, 15) is 4.79 Å². The molecule has 1 aromatic rings. The Morgan fingerprint density at radius 3 is 2.50 bits per heavy atom. The molecular weight excluding hydrogens is 178 g/mol. The van der Waals surface area contributed by atoms with Gasteiger partial charge in [0.05, 0.1) is 0 Å². The molecule has 1 rings (SSSR count). The van der Waals surface area contributed by atoms with E-state index >= 15 is 0 Å². The van der Waals surface area contributed by atoms with Crippen LogP contribution in [0.2, 0.25) is 0 Å². The predicted molar refractivity (Wildman–Crippen MR) is 55.3 cm³/mol. The van der Waals surface area contributed by atoms with Crippen molar-refractivity contribution in [3.8, 4) is 0 Å². The Bertz CT molecular complexity index is 308. The van der Waals surface area contributed by atoms with E-state index in [1.54, 1.807) is 19.3 Å². The Kier molecular flexibility index (Phi) is 3.56. The average Bonchev–Trinajstić information content (AvgIpc) is 2.15. The number of rotatable bonds is 4. The van der Waals surface area contributed by atoms with Crippen LogP contribution in [0.3, 0.4) is 0 Å². The minimum Gasteiger partial charge on any atom is -0.343 e. The highest BCUT2D eigenvalue weighted by molar-refractivity contribution is 5.75. The lowest BCUT2D eigenvalue weighted by Gasteiger charge is -2.15. The van der Waals surface area contributed by atoms with Crippen molar-refractivity contribution in [3.63, 3.8) is 0 Å². The molecule has 0 spiro atoms. The van der Waals surface area contributed by atoms with E-state index in [-0.39, 0.29) is 5.78 Å². The SMILES string of the molecule is CC(=O)CCN(C)c1ncc(C)cn1. The van der Waals surface area contributed by atoms with Gasteiger partial charge in [-0.2, -0.15) is 0 Å². The molecule has 0 aliphatic heterocycles. The fraction of sp³-hybridized carbons (Fsp3) is 0.500. The fourth-order valence-corrected chi connectivity index (χ4v) is 1.01. The molecule has 0 aliphatic carbocycles. The van der Waals surface area contributed by atoms with E-state index in [1.165, 1.54) is 0 Å². The van der Waals surface area contributed by atoms with Crippen LogP contribution in [0.25, 0.3) is 0 Å². The fourth-order valence-electron chi connectivity index (χ4n) is 1.01. The number of Topliss-reactive ketones (excluding diaryl/α,β-unsaturated/α-hetero) is 1. The second-order valence-corrected chi connectivity index (χ2v) is 3.43. The summed E-state index contributed by atoms with van der Waals surface area (Å²) < 4.78 is 0. The Balaban J connectivity index is 2.56. The molecule has 1 heterocycles. The molecule has 76 valence electrons.